The molecule has 2 N–H and O–H groups in total. The summed E-state index contributed by atoms with van der Waals surface area (Å²) in [5.74, 6) is -0.0619. The average Bonchev–Trinajstić information content (AvgIpc) is 2.66. The summed E-state index contributed by atoms with van der Waals surface area (Å²) in [6, 6.07) is 13.9. The molecule has 7 heteroatoms. The van der Waals surface area contributed by atoms with Gasteiger partial charge in [-0.3, -0.25) is 4.79 Å². The van der Waals surface area contributed by atoms with Gasteiger partial charge in [-0.2, -0.15) is 0 Å². The molecule has 1 heterocycles. The molecule has 2 aromatic carbocycles. The van der Waals surface area contributed by atoms with Crippen LogP contribution < -0.4 is 10.6 Å². The second-order valence-corrected chi connectivity index (χ2v) is 6.89. The van der Waals surface area contributed by atoms with Crippen molar-refractivity contribution >= 4 is 29.2 Å². The lowest BCUT2D eigenvalue weighted by Gasteiger charge is -2.31. The zero-order valence-corrected chi connectivity index (χ0v) is 15.8. The smallest absolute Gasteiger partial charge is 0.319 e. The van der Waals surface area contributed by atoms with E-state index in [0.717, 1.165) is 5.56 Å². The van der Waals surface area contributed by atoms with Crippen LogP contribution >= 0.6 is 11.6 Å². The highest BCUT2D eigenvalue weighted by molar-refractivity contribution is 6.30. The first-order valence-corrected chi connectivity index (χ1v) is 9.19. The Morgan fingerprint density at radius 2 is 2.04 bits per heavy atom. The predicted octanol–water partition coefficient (Wildman–Crippen LogP) is 3.52. The number of morpholine rings is 1. The topological polar surface area (TPSA) is 70.7 Å². The Labute approximate surface area is 163 Å². The van der Waals surface area contributed by atoms with Gasteiger partial charge in [0.2, 0.25) is 0 Å². The van der Waals surface area contributed by atoms with E-state index >= 15 is 0 Å². The predicted molar refractivity (Wildman–Crippen MR) is 105 cm³/mol. The summed E-state index contributed by atoms with van der Waals surface area (Å²) in [6.07, 6.45) is 0.0290. The third kappa shape index (κ3) is 5.45. The second kappa shape index (κ2) is 8.88. The fourth-order valence-corrected chi connectivity index (χ4v) is 3.13. The number of hydrogen-bond donors (Lipinski definition) is 2. The molecular formula is C20H22ClN3O3. The number of anilines is 1. The molecule has 1 unspecified atom stereocenters. The van der Waals surface area contributed by atoms with E-state index < -0.39 is 0 Å². The summed E-state index contributed by atoms with van der Waals surface area (Å²) in [6.45, 7) is 3.98. The number of carbonyl (C=O) groups excluding carboxylic acids is 2. The quantitative estimate of drug-likeness (QED) is 0.843. The molecule has 142 valence electrons. The van der Waals surface area contributed by atoms with Crippen molar-refractivity contribution in [3.8, 4) is 0 Å². The highest BCUT2D eigenvalue weighted by atomic mass is 35.5. The van der Waals surface area contributed by atoms with E-state index in [0.29, 0.717) is 42.5 Å². The zero-order chi connectivity index (χ0) is 19.2. The molecule has 27 heavy (non-hydrogen) atoms. The van der Waals surface area contributed by atoms with Gasteiger partial charge < -0.3 is 20.3 Å². The van der Waals surface area contributed by atoms with Crippen LogP contribution in [0.5, 0.6) is 0 Å². The lowest BCUT2D eigenvalue weighted by atomic mass is 10.1. The number of benzene rings is 2. The highest BCUT2D eigenvalue weighted by Crippen LogP contribution is 2.15. The van der Waals surface area contributed by atoms with Gasteiger partial charge in [-0.25, -0.2) is 4.79 Å². The lowest BCUT2D eigenvalue weighted by Crippen LogP contribution is -2.44. The standard InChI is InChI=1S/C20H22ClN3O3/c1-14-13-24(8-9-27-14)19(25)16-5-3-7-18(11-16)23-20(26)22-12-15-4-2-6-17(21)10-15/h2-7,10-11,14H,8-9,12-13H2,1H3,(H2,22,23,26). The van der Waals surface area contributed by atoms with Crippen molar-refractivity contribution in [3.05, 3.63) is 64.7 Å². The number of nitrogens with zero attached hydrogens (tertiary/aromatic N) is 1. The fraction of sp³-hybridized carbons (Fsp3) is 0.300. The molecule has 6 nitrogen and oxygen atoms in total. The Hall–Kier alpha value is -2.57. The molecule has 0 spiro atoms. The van der Waals surface area contributed by atoms with Crippen molar-refractivity contribution in [2.75, 3.05) is 25.0 Å². The first-order chi connectivity index (χ1) is 13.0. The van der Waals surface area contributed by atoms with Crippen LogP contribution in [-0.2, 0) is 11.3 Å². The third-order valence-electron chi connectivity index (χ3n) is 4.24. The third-order valence-corrected chi connectivity index (χ3v) is 4.47. The number of ether oxygens (including phenoxy) is 1. The van der Waals surface area contributed by atoms with E-state index in [9.17, 15) is 9.59 Å². The molecule has 1 fully saturated rings. The minimum Gasteiger partial charge on any atom is -0.375 e. The molecule has 0 radical (unpaired) electrons. The molecule has 0 aliphatic carbocycles. The van der Waals surface area contributed by atoms with Gasteiger partial charge in [0, 0.05) is 35.9 Å². The molecular weight excluding hydrogens is 366 g/mol. The molecule has 0 saturated carbocycles. The van der Waals surface area contributed by atoms with Crippen LogP contribution in [0.1, 0.15) is 22.8 Å². The van der Waals surface area contributed by atoms with Gasteiger partial charge in [-0.15, -0.1) is 0 Å². The van der Waals surface area contributed by atoms with Crippen LogP contribution in [0.15, 0.2) is 48.5 Å². The first-order valence-electron chi connectivity index (χ1n) is 8.81. The molecule has 0 bridgehead atoms. The number of halogens is 1. The van der Waals surface area contributed by atoms with Crippen molar-refractivity contribution < 1.29 is 14.3 Å². The summed E-state index contributed by atoms with van der Waals surface area (Å²) in [7, 11) is 0. The van der Waals surface area contributed by atoms with Crippen LogP contribution in [0.4, 0.5) is 10.5 Å². The number of nitrogens with one attached hydrogen (secondary N) is 2. The largest absolute Gasteiger partial charge is 0.375 e. The number of hydrogen-bond acceptors (Lipinski definition) is 3. The van der Waals surface area contributed by atoms with Crippen molar-refractivity contribution in [2.45, 2.75) is 19.6 Å². The first kappa shape index (κ1) is 19.2. The van der Waals surface area contributed by atoms with Gasteiger partial charge in [0.15, 0.2) is 0 Å². The summed E-state index contributed by atoms with van der Waals surface area (Å²) >= 11 is 5.94. The minimum absolute atomic E-state index is 0.0290. The minimum atomic E-state index is -0.348. The van der Waals surface area contributed by atoms with Gasteiger partial charge in [-0.1, -0.05) is 29.8 Å². The van der Waals surface area contributed by atoms with Crippen LogP contribution in [0, 0.1) is 0 Å². The van der Waals surface area contributed by atoms with E-state index in [1.54, 1.807) is 41.3 Å². The lowest BCUT2D eigenvalue weighted by molar-refractivity contribution is -0.0124. The maximum atomic E-state index is 12.7. The van der Waals surface area contributed by atoms with E-state index in [2.05, 4.69) is 10.6 Å². The molecule has 1 atom stereocenters. The van der Waals surface area contributed by atoms with Gasteiger partial charge in [0.1, 0.15) is 0 Å². The second-order valence-electron chi connectivity index (χ2n) is 6.45. The van der Waals surface area contributed by atoms with Crippen molar-refractivity contribution in [2.24, 2.45) is 0 Å². The normalized spacial score (nSPS) is 16.7. The SMILES string of the molecule is CC1CN(C(=O)c2cccc(NC(=O)NCc3cccc(Cl)c3)c2)CCO1. The van der Waals surface area contributed by atoms with Crippen LogP contribution in [0.25, 0.3) is 0 Å². The molecule has 2 aromatic rings. The maximum Gasteiger partial charge on any atom is 0.319 e. The van der Waals surface area contributed by atoms with Crippen molar-refractivity contribution in [1.29, 1.82) is 0 Å². The van der Waals surface area contributed by atoms with Crippen LogP contribution in [0.3, 0.4) is 0 Å². The van der Waals surface area contributed by atoms with Crippen LogP contribution in [-0.4, -0.2) is 42.6 Å². The Morgan fingerprint density at radius 1 is 1.22 bits per heavy atom. The molecule has 3 amide bonds. The van der Waals surface area contributed by atoms with Gasteiger partial charge in [0.05, 0.1) is 12.7 Å². The Morgan fingerprint density at radius 3 is 2.81 bits per heavy atom. The average molecular weight is 388 g/mol. The number of amides is 3. The number of rotatable bonds is 4. The Kier molecular flexibility index (Phi) is 6.32. The van der Waals surface area contributed by atoms with Gasteiger partial charge in [-0.05, 0) is 42.8 Å². The van der Waals surface area contributed by atoms with Gasteiger partial charge in [0.25, 0.3) is 5.91 Å². The van der Waals surface area contributed by atoms with E-state index in [4.69, 9.17) is 16.3 Å². The number of urea groups is 1. The zero-order valence-electron chi connectivity index (χ0n) is 15.1. The summed E-state index contributed by atoms with van der Waals surface area (Å²) in [4.78, 5) is 26.6. The summed E-state index contributed by atoms with van der Waals surface area (Å²) in [5, 5.41) is 6.15. The molecule has 3 rings (SSSR count). The van der Waals surface area contributed by atoms with Crippen LogP contribution in [0.2, 0.25) is 5.02 Å². The van der Waals surface area contributed by atoms with E-state index in [1.807, 2.05) is 19.1 Å². The number of carbonyl (C=O) groups is 2. The summed E-state index contributed by atoms with van der Waals surface area (Å²) < 4.78 is 5.47. The maximum absolute atomic E-state index is 12.7. The molecule has 1 aliphatic heterocycles. The fourth-order valence-electron chi connectivity index (χ4n) is 2.92. The molecule has 1 aliphatic rings. The van der Waals surface area contributed by atoms with Gasteiger partial charge >= 0.3 is 6.03 Å². The highest BCUT2D eigenvalue weighted by Gasteiger charge is 2.22. The Balaban J connectivity index is 1.58. The van der Waals surface area contributed by atoms with Crippen molar-refractivity contribution in [3.63, 3.8) is 0 Å². The van der Waals surface area contributed by atoms with Crippen molar-refractivity contribution in [1.82, 2.24) is 10.2 Å². The summed E-state index contributed by atoms with van der Waals surface area (Å²) in [5.41, 5.74) is 2.01. The Bertz CT molecular complexity index is 828. The monoisotopic (exact) mass is 387 g/mol. The van der Waals surface area contributed by atoms with E-state index in [1.165, 1.54) is 0 Å². The molecule has 1 saturated heterocycles. The van der Waals surface area contributed by atoms with E-state index in [-0.39, 0.29) is 18.0 Å². The molecule has 0 aromatic heterocycles.